The monoisotopic (exact) mass is 688 g/mol. The number of nitrogens with zero attached hydrogens (tertiary/aromatic N) is 2. The lowest BCUT2D eigenvalue weighted by molar-refractivity contribution is -0.124. The number of anilines is 2. The average molecular weight is 691 g/mol. The molecule has 0 atom stereocenters. The molecule has 4 N–H and O–H groups in total. The fourth-order valence-electron chi connectivity index (χ4n) is 6.06. The molecule has 6 rings (SSSR count). The Morgan fingerprint density at radius 2 is 1.03 bits per heavy atom. The average Bonchev–Trinajstić information content (AvgIpc) is 3.29. The van der Waals surface area contributed by atoms with E-state index < -0.39 is 22.0 Å². The zero-order valence-corrected chi connectivity index (χ0v) is 25.6. The van der Waals surface area contributed by atoms with Crippen LogP contribution in [0.15, 0.2) is 21.3 Å². The predicted octanol–water partition coefficient (Wildman–Crippen LogP) is 6.02. The summed E-state index contributed by atoms with van der Waals surface area (Å²) in [4.78, 5) is 33.2. The van der Waals surface area contributed by atoms with Gasteiger partial charge in [0.2, 0.25) is 11.8 Å². The SMILES string of the molecule is CC1(O)CCC2(CC1)C(=O)Nc1ncc(Br)c(Cl)c12.CC1(O)CCC2(CC1)C(=O)Nc1ncc(Br)c(Cl)c12. The maximum Gasteiger partial charge on any atom is 0.236 e. The number of aliphatic hydroxyl groups is 2. The van der Waals surface area contributed by atoms with Gasteiger partial charge in [0.05, 0.1) is 41.0 Å². The molecule has 204 valence electrons. The minimum Gasteiger partial charge on any atom is -0.390 e. The second kappa shape index (κ2) is 9.66. The van der Waals surface area contributed by atoms with Gasteiger partial charge in [-0.3, -0.25) is 9.59 Å². The van der Waals surface area contributed by atoms with Gasteiger partial charge in [-0.25, -0.2) is 9.97 Å². The summed E-state index contributed by atoms with van der Waals surface area (Å²) in [6, 6.07) is 0. The van der Waals surface area contributed by atoms with E-state index in [1.54, 1.807) is 12.4 Å². The zero-order valence-electron chi connectivity index (χ0n) is 20.9. The molecule has 2 aromatic rings. The van der Waals surface area contributed by atoms with Gasteiger partial charge in [0, 0.05) is 23.5 Å². The minimum absolute atomic E-state index is 0.0505. The van der Waals surface area contributed by atoms with Crippen LogP contribution in [0.1, 0.15) is 76.3 Å². The quantitative estimate of drug-likeness (QED) is 0.268. The molecular formula is C26H28Br2Cl2N4O4. The van der Waals surface area contributed by atoms with Crippen molar-refractivity contribution in [2.24, 2.45) is 0 Å². The van der Waals surface area contributed by atoms with Gasteiger partial charge in [-0.15, -0.1) is 0 Å². The fourth-order valence-corrected chi connectivity index (χ4v) is 7.30. The summed E-state index contributed by atoms with van der Waals surface area (Å²) >= 11 is 19.4. The zero-order chi connectivity index (χ0) is 27.7. The van der Waals surface area contributed by atoms with Crippen molar-refractivity contribution in [3.8, 4) is 0 Å². The molecule has 38 heavy (non-hydrogen) atoms. The van der Waals surface area contributed by atoms with Gasteiger partial charge in [-0.1, -0.05) is 23.2 Å². The Bertz CT molecular complexity index is 1230. The molecule has 2 fully saturated rings. The van der Waals surface area contributed by atoms with E-state index in [4.69, 9.17) is 23.2 Å². The van der Waals surface area contributed by atoms with Crippen LogP contribution < -0.4 is 10.6 Å². The van der Waals surface area contributed by atoms with Gasteiger partial charge in [0.15, 0.2) is 0 Å². The third-order valence-corrected chi connectivity index (χ3v) is 11.0. The van der Waals surface area contributed by atoms with E-state index >= 15 is 0 Å². The summed E-state index contributed by atoms with van der Waals surface area (Å²) in [5.41, 5.74) is -1.09. The summed E-state index contributed by atoms with van der Waals surface area (Å²) in [7, 11) is 0. The highest BCUT2D eigenvalue weighted by Crippen LogP contribution is 2.53. The van der Waals surface area contributed by atoms with Crippen LogP contribution in [0.2, 0.25) is 10.0 Å². The van der Waals surface area contributed by atoms with Crippen LogP contribution in [0.3, 0.4) is 0 Å². The van der Waals surface area contributed by atoms with Crippen molar-refractivity contribution in [1.82, 2.24) is 9.97 Å². The van der Waals surface area contributed by atoms with Crippen LogP contribution in [0.4, 0.5) is 11.6 Å². The van der Waals surface area contributed by atoms with Crippen molar-refractivity contribution in [1.29, 1.82) is 0 Å². The molecular weight excluding hydrogens is 663 g/mol. The third-order valence-electron chi connectivity index (χ3n) is 8.60. The standard InChI is InChI=1S/2C13H14BrClN2O2/c2*1-12(19)2-4-13(5-3-12)8-9(15)7(14)6-16-10(8)17-11(13)18/h2*6,19H,2-5H2,1H3,(H,16,17,18). The van der Waals surface area contributed by atoms with E-state index in [0.717, 1.165) is 11.1 Å². The van der Waals surface area contributed by atoms with Crippen LogP contribution in [0.5, 0.6) is 0 Å². The number of halogens is 4. The van der Waals surface area contributed by atoms with Crippen molar-refractivity contribution in [2.45, 2.75) is 87.2 Å². The largest absolute Gasteiger partial charge is 0.390 e. The summed E-state index contributed by atoms with van der Waals surface area (Å²) in [6.07, 6.45) is 7.91. The number of rotatable bonds is 0. The molecule has 2 spiro atoms. The topological polar surface area (TPSA) is 124 Å². The van der Waals surface area contributed by atoms with Crippen molar-refractivity contribution in [3.05, 3.63) is 42.5 Å². The van der Waals surface area contributed by atoms with Gasteiger partial charge < -0.3 is 20.8 Å². The van der Waals surface area contributed by atoms with E-state index in [1.165, 1.54) is 0 Å². The normalized spacial score (nSPS) is 33.4. The molecule has 12 heteroatoms. The maximum atomic E-state index is 12.4. The number of carbonyl (C=O) groups is 2. The smallest absolute Gasteiger partial charge is 0.236 e. The maximum absolute atomic E-state index is 12.4. The first-order valence-electron chi connectivity index (χ1n) is 12.5. The lowest BCUT2D eigenvalue weighted by Gasteiger charge is -2.39. The summed E-state index contributed by atoms with van der Waals surface area (Å²) in [6.45, 7) is 3.63. The highest BCUT2D eigenvalue weighted by atomic mass is 79.9. The van der Waals surface area contributed by atoms with Gasteiger partial charge >= 0.3 is 0 Å². The molecule has 8 nitrogen and oxygen atoms in total. The summed E-state index contributed by atoms with van der Waals surface area (Å²) in [5, 5.41) is 26.9. The number of pyridine rings is 2. The minimum atomic E-state index is -0.694. The first kappa shape index (κ1) is 28.2. The first-order chi connectivity index (χ1) is 17.7. The Balaban J connectivity index is 0.000000155. The van der Waals surface area contributed by atoms with Crippen LogP contribution in [0, 0.1) is 0 Å². The van der Waals surface area contributed by atoms with E-state index in [1.807, 2.05) is 13.8 Å². The van der Waals surface area contributed by atoms with E-state index in [0.29, 0.717) is 82.0 Å². The van der Waals surface area contributed by atoms with Gasteiger partial charge in [-0.2, -0.15) is 0 Å². The van der Waals surface area contributed by atoms with Gasteiger partial charge in [0.1, 0.15) is 11.6 Å². The predicted molar refractivity (Wildman–Crippen MR) is 153 cm³/mol. The van der Waals surface area contributed by atoms with Crippen molar-refractivity contribution >= 4 is 78.5 Å². The fraction of sp³-hybridized carbons (Fsp3) is 0.538. The van der Waals surface area contributed by atoms with E-state index in [9.17, 15) is 19.8 Å². The molecule has 0 saturated heterocycles. The van der Waals surface area contributed by atoms with Crippen molar-refractivity contribution in [2.75, 3.05) is 10.6 Å². The Kier molecular flexibility index (Phi) is 7.18. The molecule has 0 aromatic carbocycles. The Morgan fingerprint density at radius 1 is 0.711 bits per heavy atom. The van der Waals surface area contributed by atoms with Crippen LogP contribution in [0.25, 0.3) is 0 Å². The van der Waals surface area contributed by atoms with Crippen molar-refractivity contribution in [3.63, 3.8) is 0 Å². The number of hydrogen-bond acceptors (Lipinski definition) is 6. The van der Waals surface area contributed by atoms with Gasteiger partial charge in [-0.05, 0) is 97.1 Å². The van der Waals surface area contributed by atoms with Crippen LogP contribution in [-0.2, 0) is 20.4 Å². The second-order valence-corrected chi connectivity index (χ2v) is 13.8. The summed E-state index contributed by atoms with van der Waals surface area (Å²) < 4.78 is 1.39. The molecule has 2 amide bonds. The van der Waals surface area contributed by atoms with Crippen molar-refractivity contribution < 1.29 is 19.8 Å². The lowest BCUT2D eigenvalue weighted by atomic mass is 9.66. The van der Waals surface area contributed by atoms with E-state index in [2.05, 4.69) is 52.5 Å². The Labute approximate surface area is 247 Å². The lowest BCUT2D eigenvalue weighted by Crippen LogP contribution is -2.43. The number of aromatic nitrogens is 2. The summed E-state index contributed by atoms with van der Waals surface area (Å²) in [5.74, 6) is 1.01. The molecule has 2 aliphatic heterocycles. The third kappa shape index (κ3) is 4.59. The molecule has 0 bridgehead atoms. The molecule has 4 aliphatic rings. The number of hydrogen-bond donors (Lipinski definition) is 4. The molecule has 0 unspecified atom stereocenters. The Hall–Kier alpha value is -1.30. The highest BCUT2D eigenvalue weighted by Gasteiger charge is 2.54. The van der Waals surface area contributed by atoms with Crippen LogP contribution >= 0.6 is 55.1 Å². The van der Waals surface area contributed by atoms with Crippen LogP contribution in [-0.4, -0.2) is 43.2 Å². The highest BCUT2D eigenvalue weighted by molar-refractivity contribution is 9.10. The molecule has 2 saturated carbocycles. The molecule has 2 aliphatic carbocycles. The van der Waals surface area contributed by atoms with E-state index in [-0.39, 0.29) is 11.8 Å². The number of amides is 2. The molecule has 4 heterocycles. The number of carbonyl (C=O) groups excluding carboxylic acids is 2. The Morgan fingerprint density at radius 3 is 1.34 bits per heavy atom. The number of fused-ring (bicyclic) bond motifs is 4. The number of nitrogens with one attached hydrogen (secondary N) is 2. The van der Waals surface area contributed by atoms with Gasteiger partial charge in [0.25, 0.3) is 0 Å². The molecule has 0 radical (unpaired) electrons. The molecule has 2 aromatic heterocycles. The second-order valence-electron chi connectivity index (χ2n) is 11.4. The first-order valence-corrected chi connectivity index (χ1v) is 14.8.